The summed E-state index contributed by atoms with van der Waals surface area (Å²) in [5.74, 6) is 0. The molecule has 0 aliphatic rings. The number of nitrogens with zero attached hydrogens (tertiary/aromatic N) is 3. The van der Waals surface area contributed by atoms with E-state index in [1.165, 1.54) is 0 Å². The largest absolute Gasteiger partial charge is 0.395 e. The molecule has 0 spiro atoms. The number of aliphatic hydroxyl groups excluding tert-OH is 1. The topological polar surface area (TPSA) is 41.3 Å². The fraction of sp³-hybridized carbons (Fsp3) is 0.400. The maximum absolute atomic E-state index is 9.19. The first-order valence-electron chi connectivity index (χ1n) is 6.92. The highest BCUT2D eigenvalue weighted by molar-refractivity contribution is 6.42. The van der Waals surface area contributed by atoms with Crippen LogP contribution in [0.25, 0.3) is 0 Å². The van der Waals surface area contributed by atoms with E-state index in [4.69, 9.17) is 23.2 Å². The van der Waals surface area contributed by atoms with Gasteiger partial charge in [-0.15, -0.1) is 0 Å². The van der Waals surface area contributed by atoms with E-state index in [1.807, 2.05) is 30.7 Å². The summed E-state index contributed by atoms with van der Waals surface area (Å²) in [7, 11) is 0. The molecule has 0 radical (unpaired) electrons. The molecule has 21 heavy (non-hydrogen) atoms. The first-order chi connectivity index (χ1) is 10.2. The summed E-state index contributed by atoms with van der Waals surface area (Å²) >= 11 is 12.0. The van der Waals surface area contributed by atoms with Crippen molar-refractivity contribution in [3.63, 3.8) is 0 Å². The number of aliphatic hydroxyl groups is 1. The molecule has 0 atom stereocenters. The Morgan fingerprint density at radius 3 is 2.71 bits per heavy atom. The second kappa shape index (κ2) is 8.39. The third-order valence-corrected chi connectivity index (χ3v) is 4.00. The van der Waals surface area contributed by atoms with E-state index in [9.17, 15) is 5.11 Å². The molecule has 1 N–H and O–H groups in total. The van der Waals surface area contributed by atoms with Crippen LogP contribution < -0.4 is 0 Å². The molecule has 0 aliphatic carbocycles. The summed E-state index contributed by atoms with van der Waals surface area (Å²) in [5, 5.41) is 10.3. The van der Waals surface area contributed by atoms with Crippen molar-refractivity contribution in [2.45, 2.75) is 19.5 Å². The molecule has 1 heterocycles. The molecule has 2 aromatic rings. The minimum Gasteiger partial charge on any atom is -0.395 e. The van der Waals surface area contributed by atoms with Gasteiger partial charge in [0, 0.05) is 38.6 Å². The zero-order chi connectivity index (χ0) is 15.1. The Morgan fingerprint density at radius 2 is 2.05 bits per heavy atom. The zero-order valence-corrected chi connectivity index (χ0v) is 13.3. The lowest BCUT2D eigenvalue weighted by Crippen LogP contribution is -2.28. The zero-order valence-electron chi connectivity index (χ0n) is 11.8. The van der Waals surface area contributed by atoms with Crippen molar-refractivity contribution in [1.82, 2.24) is 14.5 Å². The third-order valence-electron chi connectivity index (χ3n) is 3.26. The smallest absolute Gasteiger partial charge is 0.0945 e. The summed E-state index contributed by atoms with van der Waals surface area (Å²) in [6.45, 7) is 3.36. The molecule has 2 rings (SSSR count). The average molecular weight is 328 g/mol. The van der Waals surface area contributed by atoms with E-state index in [1.54, 1.807) is 6.20 Å². The molecule has 0 bridgehead atoms. The second-order valence-electron chi connectivity index (χ2n) is 4.90. The standard InChI is InChI=1S/C15H19Cl2N3O/c16-14-3-2-13(10-15(14)17)11-19(8-9-21)5-1-6-20-7-4-18-12-20/h2-4,7,10,12,21H,1,5-6,8-9,11H2. The molecule has 0 aliphatic heterocycles. The van der Waals surface area contributed by atoms with E-state index in [0.29, 0.717) is 16.6 Å². The molecule has 0 saturated heterocycles. The molecular weight excluding hydrogens is 309 g/mol. The molecule has 1 aromatic carbocycles. The highest BCUT2D eigenvalue weighted by Crippen LogP contribution is 2.23. The SMILES string of the molecule is OCCN(CCCn1ccnc1)Cc1ccc(Cl)c(Cl)c1. The lowest BCUT2D eigenvalue weighted by Gasteiger charge is -2.21. The fourth-order valence-electron chi connectivity index (χ4n) is 2.20. The van der Waals surface area contributed by atoms with E-state index in [2.05, 4.69) is 14.5 Å². The van der Waals surface area contributed by atoms with Gasteiger partial charge in [-0.3, -0.25) is 4.90 Å². The number of rotatable bonds is 8. The Kier molecular flexibility index (Phi) is 6.51. The molecule has 0 fully saturated rings. The predicted octanol–water partition coefficient (Wildman–Crippen LogP) is 3.07. The summed E-state index contributed by atoms with van der Waals surface area (Å²) in [5.41, 5.74) is 1.10. The van der Waals surface area contributed by atoms with Gasteiger partial charge in [0.25, 0.3) is 0 Å². The summed E-state index contributed by atoms with van der Waals surface area (Å²) < 4.78 is 2.05. The molecule has 0 saturated carbocycles. The van der Waals surface area contributed by atoms with Crippen molar-refractivity contribution in [3.8, 4) is 0 Å². The van der Waals surface area contributed by atoms with Gasteiger partial charge in [0.15, 0.2) is 0 Å². The van der Waals surface area contributed by atoms with Gasteiger partial charge in [0.2, 0.25) is 0 Å². The summed E-state index contributed by atoms with van der Waals surface area (Å²) in [6, 6.07) is 5.65. The van der Waals surface area contributed by atoms with Crippen molar-refractivity contribution in [2.24, 2.45) is 0 Å². The third kappa shape index (κ3) is 5.32. The van der Waals surface area contributed by atoms with E-state index < -0.39 is 0 Å². The summed E-state index contributed by atoms with van der Waals surface area (Å²) in [4.78, 5) is 6.23. The van der Waals surface area contributed by atoms with Gasteiger partial charge >= 0.3 is 0 Å². The normalized spacial score (nSPS) is 11.2. The van der Waals surface area contributed by atoms with Crippen LogP contribution in [0.15, 0.2) is 36.9 Å². The van der Waals surface area contributed by atoms with Crippen molar-refractivity contribution in [2.75, 3.05) is 19.7 Å². The van der Waals surface area contributed by atoms with Crippen LogP contribution in [0.3, 0.4) is 0 Å². The van der Waals surface area contributed by atoms with Crippen LogP contribution in [0.2, 0.25) is 10.0 Å². The number of aromatic nitrogens is 2. The Bertz CT molecular complexity index is 546. The number of imidazole rings is 1. The minimum atomic E-state index is 0.145. The quantitative estimate of drug-likeness (QED) is 0.810. The Labute approximate surface area is 134 Å². The van der Waals surface area contributed by atoms with Gasteiger partial charge in [0.1, 0.15) is 0 Å². The number of halogens is 2. The van der Waals surface area contributed by atoms with Crippen LogP contribution in [0.5, 0.6) is 0 Å². The summed E-state index contributed by atoms with van der Waals surface area (Å²) in [6.07, 6.45) is 6.55. The Morgan fingerprint density at radius 1 is 1.19 bits per heavy atom. The van der Waals surface area contributed by atoms with Gasteiger partial charge in [-0.1, -0.05) is 29.3 Å². The lowest BCUT2D eigenvalue weighted by atomic mass is 10.2. The Hall–Kier alpha value is -1.07. The van der Waals surface area contributed by atoms with Gasteiger partial charge in [-0.2, -0.15) is 0 Å². The van der Waals surface area contributed by atoms with Crippen LogP contribution in [0, 0.1) is 0 Å². The van der Waals surface area contributed by atoms with Gasteiger partial charge < -0.3 is 9.67 Å². The van der Waals surface area contributed by atoms with E-state index >= 15 is 0 Å². The maximum atomic E-state index is 9.19. The van der Waals surface area contributed by atoms with Gasteiger partial charge in [-0.05, 0) is 24.1 Å². The maximum Gasteiger partial charge on any atom is 0.0945 e. The molecule has 114 valence electrons. The highest BCUT2D eigenvalue weighted by atomic mass is 35.5. The van der Waals surface area contributed by atoms with Crippen LogP contribution in [0.1, 0.15) is 12.0 Å². The number of hydrogen-bond donors (Lipinski definition) is 1. The molecule has 0 amide bonds. The second-order valence-corrected chi connectivity index (χ2v) is 5.72. The molecule has 4 nitrogen and oxygen atoms in total. The number of hydrogen-bond acceptors (Lipinski definition) is 3. The van der Waals surface area contributed by atoms with E-state index in [-0.39, 0.29) is 6.61 Å². The predicted molar refractivity (Wildman–Crippen MR) is 85.7 cm³/mol. The van der Waals surface area contributed by atoms with Crippen LogP contribution in [-0.2, 0) is 13.1 Å². The van der Waals surface area contributed by atoms with Crippen LogP contribution in [0.4, 0.5) is 0 Å². The molecular formula is C15H19Cl2N3O. The van der Waals surface area contributed by atoms with E-state index in [0.717, 1.165) is 31.6 Å². The number of benzene rings is 1. The van der Waals surface area contributed by atoms with Crippen molar-refractivity contribution in [1.29, 1.82) is 0 Å². The first kappa shape index (κ1) is 16.3. The van der Waals surface area contributed by atoms with Gasteiger partial charge in [-0.25, -0.2) is 4.98 Å². The average Bonchev–Trinajstić information content (AvgIpc) is 2.96. The van der Waals surface area contributed by atoms with Crippen molar-refractivity contribution >= 4 is 23.2 Å². The minimum absolute atomic E-state index is 0.145. The first-order valence-corrected chi connectivity index (χ1v) is 7.67. The lowest BCUT2D eigenvalue weighted by molar-refractivity contribution is 0.186. The van der Waals surface area contributed by atoms with Crippen LogP contribution in [-0.4, -0.2) is 39.3 Å². The fourth-order valence-corrected chi connectivity index (χ4v) is 2.52. The van der Waals surface area contributed by atoms with Crippen molar-refractivity contribution < 1.29 is 5.11 Å². The van der Waals surface area contributed by atoms with Crippen molar-refractivity contribution in [3.05, 3.63) is 52.5 Å². The van der Waals surface area contributed by atoms with Gasteiger partial charge in [0.05, 0.1) is 23.0 Å². The Balaban J connectivity index is 1.87. The molecule has 1 aromatic heterocycles. The highest BCUT2D eigenvalue weighted by Gasteiger charge is 2.07. The number of aryl methyl sites for hydroxylation is 1. The monoisotopic (exact) mass is 327 g/mol. The molecule has 6 heteroatoms. The molecule has 0 unspecified atom stereocenters. The van der Waals surface area contributed by atoms with Crippen LogP contribution >= 0.6 is 23.2 Å².